The van der Waals surface area contributed by atoms with Crippen molar-refractivity contribution in [2.24, 2.45) is 0 Å². The van der Waals surface area contributed by atoms with Gasteiger partial charge in [0.2, 0.25) is 0 Å². The molecular weight excluding hydrogens is 367 g/mol. The van der Waals surface area contributed by atoms with E-state index in [0.29, 0.717) is 17.1 Å². The summed E-state index contributed by atoms with van der Waals surface area (Å²) in [5.41, 5.74) is 5.85. The summed E-state index contributed by atoms with van der Waals surface area (Å²) in [5.74, 6) is -0.415. The minimum atomic E-state index is -0.415. The van der Waals surface area contributed by atoms with Gasteiger partial charge in [-0.1, -0.05) is 12.6 Å². The highest BCUT2D eigenvalue weighted by molar-refractivity contribution is 5.94. The minimum Gasteiger partial charge on any atom is -0.353 e. The fraction of sp³-hybridized carbons (Fsp3) is 0.136. The molecule has 0 fully saturated rings. The molecule has 0 bridgehead atoms. The van der Waals surface area contributed by atoms with Crippen LogP contribution < -0.4 is 5.32 Å². The lowest BCUT2D eigenvalue weighted by Crippen LogP contribution is -2.10. The van der Waals surface area contributed by atoms with Crippen LogP contribution in [0, 0.1) is 5.82 Å². The predicted molar refractivity (Wildman–Crippen MR) is 114 cm³/mol. The van der Waals surface area contributed by atoms with Crippen LogP contribution in [0.2, 0.25) is 0 Å². The third kappa shape index (κ3) is 4.14. The minimum absolute atomic E-state index is 0.415. The molecule has 146 valence electrons. The van der Waals surface area contributed by atoms with Gasteiger partial charge in [-0.05, 0) is 43.4 Å². The molecule has 0 saturated carbocycles. The van der Waals surface area contributed by atoms with Crippen molar-refractivity contribution < 1.29 is 4.39 Å². The molecular formula is C22H21FN6. The number of pyridine rings is 2. The van der Waals surface area contributed by atoms with Crippen molar-refractivity contribution in [3.05, 3.63) is 78.8 Å². The summed E-state index contributed by atoms with van der Waals surface area (Å²) in [6.45, 7) is 4.88. The number of halogens is 1. The molecule has 0 aliphatic heterocycles. The molecule has 0 spiro atoms. The molecule has 0 saturated heterocycles. The van der Waals surface area contributed by atoms with Crippen molar-refractivity contribution >= 4 is 22.3 Å². The first-order chi connectivity index (χ1) is 14.0. The maximum absolute atomic E-state index is 13.4. The van der Waals surface area contributed by atoms with Crippen molar-refractivity contribution in [1.82, 2.24) is 25.1 Å². The van der Waals surface area contributed by atoms with Gasteiger partial charge >= 0.3 is 0 Å². The highest BCUT2D eigenvalue weighted by Gasteiger charge is 2.12. The quantitative estimate of drug-likeness (QED) is 0.515. The molecule has 1 aromatic carbocycles. The average molecular weight is 388 g/mol. The molecule has 6 nitrogen and oxygen atoms in total. The van der Waals surface area contributed by atoms with Gasteiger partial charge in [0.25, 0.3) is 0 Å². The number of nitrogens with one attached hydrogen (secondary N) is 2. The van der Waals surface area contributed by atoms with Crippen LogP contribution in [-0.4, -0.2) is 39.2 Å². The predicted octanol–water partition coefficient (Wildman–Crippen LogP) is 4.30. The highest BCUT2D eigenvalue weighted by atomic mass is 19.1. The van der Waals surface area contributed by atoms with Gasteiger partial charge in [0.15, 0.2) is 0 Å². The van der Waals surface area contributed by atoms with E-state index in [0.717, 1.165) is 40.3 Å². The smallest absolute Gasteiger partial charge is 0.143 e. The van der Waals surface area contributed by atoms with E-state index >= 15 is 0 Å². The number of aromatic amines is 1. The third-order valence-electron chi connectivity index (χ3n) is 4.48. The summed E-state index contributed by atoms with van der Waals surface area (Å²) < 4.78 is 13.4. The molecule has 3 aromatic heterocycles. The summed E-state index contributed by atoms with van der Waals surface area (Å²) in [5, 5.41) is 11.4. The van der Waals surface area contributed by atoms with Gasteiger partial charge in [-0.3, -0.25) is 15.1 Å². The molecule has 0 unspecified atom stereocenters. The van der Waals surface area contributed by atoms with Crippen LogP contribution in [0.4, 0.5) is 10.1 Å². The second-order valence-electron chi connectivity index (χ2n) is 7.15. The molecule has 0 radical (unpaired) electrons. The van der Waals surface area contributed by atoms with Gasteiger partial charge in [-0.25, -0.2) is 4.39 Å². The number of hydrogen-bond donors (Lipinski definition) is 2. The van der Waals surface area contributed by atoms with Crippen molar-refractivity contribution in [3.63, 3.8) is 0 Å². The summed E-state index contributed by atoms with van der Waals surface area (Å²) in [6.07, 6.45) is 6.43. The standard InChI is InChI=1S/C22H21FN6/c1-14(26-19-8-18(23)11-25-12-19)22-20-7-16(4-5-21(20)27-28-22)17-6-15(9-24-10-17)13-29(2)3/h4-12,26H,1,13H2,2-3H3,(H,27,28). The summed E-state index contributed by atoms with van der Waals surface area (Å²) in [4.78, 5) is 10.3. The van der Waals surface area contributed by atoms with Gasteiger partial charge in [-0.2, -0.15) is 5.10 Å². The summed E-state index contributed by atoms with van der Waals surface area (Å²) in [6, 6.07) is 9.57. The van der Waals surface area contributed by atoms with Crippen LogP contribution in [0.5, 0.6) is 0 Å². The molecule has 29 heavy (non-hydrogen) atoms. The van der Waals surface area contributed by atoms with Crippen LogP contribution in [0.1, 0.15) is 11.3 Å². The number of anilines is 1. The Balaban J connectivity index is 1.67. The van der Waals surface area contributed by atoms with Gasteiger partial charge in [-0.15, -0.1) is 0 Å². The lowest BCUT2D eigenvalue weighted by atomic mass is 10.0. The van der Waals surface area contributed by atoms with E-state index in [1.165, 1.54) is 12.3 Å². The number of H-pyrrole nitrogens is 1. The topological polar surface area (TPSA) is 69.7 Å². The molecule has 0 atom stereocenters. The van der Waals surface area contributed by atoms with E-state index in [4.69, 9.17) is 0 Å². The Morgan fingerprint density at radius 2 is 1.90 bits per heavy atom. The van der Waals surface area contributed by atoms with Crippen LogP contribution in [0.25, 0.3) is 27.7 Å². The normalized spacial score (nSPS) is 11.2. The van der Waals surface area contributed by atoms with Gasteiger partial charge in [0.05, 0.1) is 29.3 Å². The number of hydrogen-bond acceptors (Lipinski definition) is 5. The molecule has 7 heteroatoms. The van der Waals surface area contributed by atoms with E-state index in [-0.39, 0.29) is 0 Å². The Hall–Kier alpha value is -3.58. The van der Waals surface area contributed by atoms with E-state index in [2.05, 4.69) is 49.1 Å². The average Bonchev–Trinajstić information content (AvgIpc) is 3.11. The second-order valence-corrected chi connectivity index (χ2v) is 7.15. The maximum atomic E-state index is 13.4. The monoisotopic (exact) mass is 388 g/mol. The zero-order chi connectivity index (χ0) is 20.4. The van der Waals surface area contributed by atoms with Gasteiger partial charge in [0.1, 0.15) is 11.5 Å². The third-order valence-corrected chi connectivity index (χ3v) is 4.48. The Bertz CT molecular complexity index is 1180. The lowest BCUT2D eigenvalue weighted by Gasteiger charge is -2.11. The first-order valence-corrected chi connectivity index (χ1v) is 9.13. The second kappa shape index (κ2) is 7.81. The Morgan fingerprint density at radius 3 is 2.69 bits per heavy atom. The molecule has 3 heterocycles. The van der Waals surface area contributed by atoms with Gasteiger partial charge < -0.3 is 10.2 Å². The first-order valence-electron chi connectivity index (χ1n) is 9.13. The van der Waals surface area contributed by atoms with Crippen molar-refractivity contribution in [1.29, 1.82) is 0 Å². The first kappa shape index (κ1) is 18.8. The molecule has 0 amide bonds. The molecule has 2 N–H and O–H groups in total. The Labute approximate surface area is 168 Å². The van der Waals surface area contributed by atoms with Crippen LogP contribution >= 0.6 is 0 Å². The summed E-state index contributed by atoms with van der Waals surface area (Å²) in [7, 11) is 4.06. The largest absolute Gasteiger partial charge is 0.353 e. The highest BCUT2D eigenvalue weighted by Crippen LogP contribution is 2.28. The van der Waals surface area contributed by atoms with E-state index in [9.17, 15) is 4.39 Å². The molecule has 4 aromatic rings. The Kier molecular flexibility index (Phi) is 5.05. The molecule has 0 aliphatic rings. The Morgan fingerprint density at radius 1 is 1.07 bits per heavy atom. The van der Waals surface area contributed by atoms with Crippen molar-refractivity contribution in [2.75, 3.05) is 19.4 Å². The van der Waals surface area contributed by atoms with Crippen LogP contribution in [0.15, 0.2) is 61.7 Å². The summed E-state index contributed by atoms with van der Waals surface area (Å²) >= 11 is 0. The van der Waals surface area contributed by atoms with Crippen LogP contribution in [-0.2, 0) is 6.54 Å². The lowest BCUT2D eigenvalue weighted by molar-refractivity contribution is 0.402. The zero-order valence-electron chi connectivity index (χ0n) is 16.3. The number of rotatable bonds is 6. The zero-order valence-corrected chi connectivity index (χ0v) is 16.3. The SMILES string of the molecule is C=C(Nc1cncc(F)c1)c1n[nH]c2ccc(-c3cncc(CN(C)C)c3)cc12. The number of benzene rings is 1. The number of nitrogens with zero attached hydrogens (tertiary/aromatic N) is 4. The molecule has 0 aliphatic carbocycles. The fourth-order valence-electron chi connectivity index (χ4n) is 3.23. The van der Waals surface area contributed by atoms with E-state index in [1.54, 1.807) is 0 Å². The number of fused-ring (bicyclic) bond motifs is 1. The van der Waals surface area contributed by atoms with Crippen LogP contribution in [0.3, 0.4) is 0 Å². The maximum Gasteiger partial charge on any atom is 0.143 e. The number of aromatic nitrogens is 4. The van der Waals surface area contributed by atoms with Crippen molar-refractivity contribution in [3.8, 4) is 11.1 Å². The van der Waals surface area contributed by atoms with Gasteiger partial charge in [0, 0.05) is 36.0 Å². The molecule has 4 rings (SSSR count). The van der Waals surface area contributed by atoms with E-state index in [1.807, 2.05) is 38.6 Å². The van der Waals surface area contributed by atoms with E-state index < -0.39 is 5.82 Å². The fourth-order valence-corrected chi connectivity index (χ4v) is 3.23. The van der Waals surface area contributed by atoms with Crippen molar-refractivity contribution in [2.45, 2.75) is 6.54 Å².